The summed E-state index contributed by atoms with van der Waals surface area (Å²) in [5.41, 5.74) is 4.41. The molecule has 130 valence electrons. The Labute approximate surface area is 139 Å². The number of carbonyl (C=O) groups is 1. The Bertz CT molecular complexity index is 777. The van der Waals surface area contributed by atoms with Crippen LogP contribution in [0.5, 0.6) is 17.5 Å². The number of halogens is 4. The van der Waals surface area contributed by atoms with Gasteiger partial charge in [-0.15, -0.1) is 5.10 Å². The lowest BCUT2D eigenvalue weighted by Gasteiger charge is -2.09. The minimum absolute atomic E-state index is 0.106. The quantitative estimate of drug-likeness (QED) is 0.897. The second kappa shape index (κ2) is 6.56. The fourth-order valence-electron chi connectivity index (χ4n) is 1.80. The van der Waals surface area contributed by atoms with Crippen LogP contribution >= 0.6 is 11.6 Å². The minimum atomic E-state index is -4.59. The summed E-state index contributed by atoms with van der Waals surface area (Å²) in [7, 11) is 0. The molecule has 2 N–H and O–H groups in total. The van der Waals surface area contributed by atoms with Gasteiger partial charge in [-0.1, -0.05) is 11.6 Å². The van der Waals surface area contributed by atoms with Gasteiger partial charge in [0.2, 0.25) is 11.6 Å². The monoisotopic (exact) mass is 364 g/mol. The molecule has 0 bridgehead atoms. The highest BCUT2D eigenvalue weighted by atomic mass is 35.5. The van der Waals surface area contributed by atoms with Crippen LogP contribution in [0, 0.1) is 6.92 Å². The van der Waals surface area contributed by atoms with Crippen molar-refractivity contribution in [1.29, 1.82) is 0 Å². The van der Waals surface area contributed by atoms with Crippen LogP contribution < -0.4 is 15.2 Å². The number of nitrogens with two attached hydrogens (primary N) is 1. The SMILES string of the molecule is CCOc1c(Oc2ncc(C(F)(F)F)cc2Cl)nn(C(N)=O)c1C. The van der Waals surface area contributed by atoms with Gasteiger partial charge in [0.05, 0.1) is 17.9 Å². The summed E-state index contributed by atoms with van der Waals surface area (Å²) in [6.45, 7) is 3.43. The number of rotatable bonds is 4. The second-order valence-corrected chi connectivity index (χ2v) is 4.92. The lowest BCUT2D eigenvalue weighted by molar-refractivity contribution is -0.137. The average Bonchev–Trinajstić information content (AvgIpc) is 2.78. The van der Waals surface area contributed by atoms with Gasteiger partial charge in [0.15, 0.2) is 0 Å². The summed E-state index contributed by atoms with van der Waals surface area (Å²) in [6.07, 6.45) is -4.02. The van der Waals surface area contributed by atoms with E-state index in [0.717, 1.165) is 4.68 Å². The predicted octanol–water partition coefficient (Wildman–Crippen LogP) is 3.38. The summed E-state index contributed by atoms with van der Waals surface area (Å²) < 4.78 is 49.3. The summed E-state index contributed by atoms with van der Waals surface area (Å²) in [5, 5.41) is 3.43. The van der Waals surface area contributed by atoms with Gasteiger partial charge in [-0.3, -0.25) is 0 Å². The first kappa shape index (κ1) is 17.9. The predicted molar refractivity (Wildman–Crippen MR) is 77.4 cm³/mol. The number of ether oxygens (including phenoxy) is 2. The van der Waals surface area contributed by atoms with Gasteiger partial charge in [0, 0.05) is 6.20 Å². The standard InChI is InChI=1S/C13H12ClF3N4O3/c1-3-23-9-6(2)21(12(18)22)20-11(9)24-10-8(14)4-7(5-19-10)13(15,16)17/h4-5H,3H2,1-2H3,(H2,18,22). The molecule has 0 aliphatic rings. The van der Waals surface area contributed by atoms with Crippen molar-refractivity contribution in [2.75, 3.05) is 6.61 Å². The van der Waals surface area contributed by atoms with E-state index < -0.39 is 17.8 Å². The topological polar surface area (TPSA) is 92.3 Å². The Morgan fingerprint density at radius 1 is 1.42 bits per heavy atom. The van der Waals surface area contributed by atoms with E-state index in [-0.39, 0.29) is 34.8 Å². The molecule has 0 atom stereocenters. The maximum atomic E-state index is 12.6. The number of amides is 1. The molecule has 0 fully saturated rings. The molecule has 2 rings (SSSR count). The number of hydrogen-bond acceptors (Lipinski definition) is 5. The third kappa shape index (κ3) is 3.53. The zero-order valence-corrected chi connectivity index (χ0v) is 13.3. The summed E-state index contributed by atoms with van der Waals surface area (Å²) >= 11 is 5.77. The van der Waals surface area contributed by atoms with Gasteiger partial charge < -0.3 is 15.2 Å². The van der Waals surface area contributed by atoms with Crippen LogP contribution in [0.2, 0.25) is 5.02 Å². The molecule has 1 amide bonds. The zero-order chi connectivity index (χ0) is 18.1. The van der Waals surface area contributed by atoms with Gasteiger partial charge >= 0.3 is 12.2 Å². The first-order valence-electron chi connectivity index (χ1n) is 6.58. The van der Waals surface area contributed by atoms with Crippen molar-refractivity contribution in [2.45, 2.75) is 20.0 Å². The molecule has 2 heterocycles. The van der Waals surface area contributed by atoms with Gasteiger partial charge in [-0.25, -0.2) is 9.78 Å². The Hall–Kier alpha value is -2.49. The van der Waals surface area contributed by atoms with Crippen LogP contribution in [-0.4, -0.2) is 27.4 Å². The normalized spacial score (nSPS) is 11.4. The molecule has 2 aromatic rings. The van der Waals surface area contributed by atoms with Crippen molar-refractivity contribution >= 4 is 17.6 Å². The van der Waals surface area contributed by atoms with Crippen molar-refractivity contribution in [3.05, 3.63) is 28.5 Å². The third-order valence-corrected chi connectivity index (χ3v) is 3.13. The lowest BCUT2D eigenvalue weighted by atomic mass is 10.3. The van der Waals surface area contributed by atoms with Gasteiger partial charge in [0.1, 0.15) is 5.02 Å². The molecule has 24 heavy (non-hydrogen) atoms. The highest BCUT2D eigenvalue weighted by Gasteiger charge is 2.32. The summed E-state index contributed by atoms with van der Waals surface area (Å²) in [5.74, 6) is -0.406. The Morgan fingerprint density at radius 3 is 2.58 bits per heavy atom. The number of aromatic nitrogens is 3. The molecule has 0 aromatic carbocycles. The van der Waals surface area contributed by atoms with Crippen molar-refractivity contribution < 1.29 is 27.4 Å². The molecule has 0 aliphatic heterocycles. The van der Waals surface area contributed by atoms with Crippen molar-refractivity contribution in [2.24, 2.45) is 5.73 Å². The lowest BCUT2D eigenvalue weighted by Crippen LogP contribution is -2.22. The molecule has 2 aromatic heterocycles. The summed E-state index contributed by atoms with van der Waals surface area (Å²) in [6, 6.07) is -0.211. The third-order valence-electron chi connectivity index (χ3n) is 2.86. The summed E-state index contributed by atoms with van der Waals surface area (Å²) in [4.78, 5) is 14.8. The van der Waals surface area contributed by atoms with Gasteiger partial charge in [-0.2, -0.15) is 17.9 Å². The largest absolute Gasteiger partial charge is 0.487 e. The smallest absolute Gasteiger partial charge is 0.417 e. The molecule has 0 saturated carbocycles. The minimum Gasteiger partial charge on any atom is -0.487 e. The van der Waals surface area contributed by atoms with Crippen LogP contribution in [-0.2, 0) is 6.18 Å². The fourth-order valence-corrected chi connectivity index (χ4v) is 2.01. The number of alkyl halides is 3. The van der Waals surface area contributed by atoms with Crippen molar-refractivity contribution in [1.82, 2.24) is 14.8 Å². The van der Waals surface area contributed by atoms with Gasteiger partial charge in [0.25, 0.3) is 5.88 Å². The molecule has 11 heteroatoms. The van der Waals surface area contributed by atoms with E-state index in [1.54, 1.807) is 6.92 Å². The van der Waals surface area contributed by atoms with Crippen LogP contribution in [0.25, 0.3) is 0 Å². The van der Waals surface area contributed by atoms with E-state index in [4.69, 9.17) is 26.8 Å². The fraction of sp³-hybridized carbons (Fsp3) is 0.308. The van der Waals surface area contributed by atoms with E-state index in [0.29, 0.717) is 12.3 Å². The highest BCUT2D eigenvalue weighted by Crippen LogP contribution is 2.37. The number of primary amides is 1. The molecule has 0 unspecified atom stereocenters. The molecule has 0 spiro atoms. The number of nitrogens with zero attached hydrogens (tertiary/aromatic N) is 3. The Balaban J connectivity index is 2.41. The maximum Gasteiger partial charge on any atom is 0.417 e. The van der Waals surface area contributed by atoms with E-state index in [9.17, 15) is 18.0 Å². The number of hydrogen-bond donors (Lipinski definition) is 1. The average molecular weight is 365 g/mol. The van der Waals surface area contributed by atoms with Crippen LogP contribution in [0.15, 0.2) is 12.3 Å². The van der Waals surface area contributed by atoms with Crippen LogP contribution in [0.3, 0.4) is 0 Å². The Kier molecular flexibility index (Phi) is 4.88. The maximum absolute atomic E-state index is 12.6. The van der Waals surface area contributed by atoms with E-state index in [1.807, 2.05) is 0 Å². The first-order valence-corrected chi connectivity index (χ1v) is 6.95. The van der Waals surface area contributed by atoms with E-state index in [1.165, 1.54) is 6.92 Å². The Morgan fingerprint density at radius 2 is 2.08 bits per heavy atom. The molecule has 7 nitrogen and oxygen atoms in total. The van der Waals surface area contributed by atoms with Crippen LogP contribution in [0.1, 0.15) is 18.2 Å². The molecular weight excluding hydrogens is 353 g/mol. The molecular formula is C13H12ClF3N4O3. The van der Waals surface area contributed by atoms with Crippen LogP contribution in [0.4, 0.5) is 18.0 Å². The zero-order valence-electron chi connectivity index (χ0n) is 12.5. The molecule has 0 saturated heterocycles. The number of pyridine rings is 1. The van der Waals surface area contributed by atoms with Gasteiger partial charge in [-0.05, 0) is 19.9 Å². The molecule has 0 radical (unpaired) electrons. The van der Waals surface area contributed by atoms with Crippen molar-refractivity contribution in [3.8, 4) is 17.5 Å². The van der Waals surface area contributed by atoms with E-state index in [2.05, 4.69) is 10.1 Å². The first-order chi connectivity index (χ1) is 11.1. The number of carbonyl (C=O) groups excluding carboxylic acids is 1. The van der Waals surface area contributed by atoms with Crippen molar-refractivity contribution in [3.63, 3.8) is 0 Å². The van der Waals surface area contributed by atoms with E-state index >= 15 is 0 Å². The highest BCUT2D eigenvalue weighted by molar-refractivity contribution is 6.31. The second-order valence-electron chi connectivity index (χ2n) is 4.51. The molecule has 0 aliphatic carbocycles.